The minimum Gasteiger partial charge on any atom is -0.481 e. The molecule has 0 aliphatic carbocycles. The van der Waals surface area contributed by atoms with E-state index in [1.54, 1.807) is 20.1 Å². The topological polar surface area (TPSA) is 453 Å². The van der Waals surface area contributed by atoms with Gasteiger partial charge >= 0.3 is 11.9 Å². The standard InChI is InChI=1S/C41H73N15O12S/c1-22(2)16-29(35(62)48-19-32(58)50-28(40(67)68)9-7-14-47-41(45)46)54-37(64)26(10-11-31(44)57)52-38(65)27(12-15-69-4)53-39(66)30(18-33(59)60)55-36(63)25(8-5-6-13-42)51-34(61)24(43)17-23-20-56(3)21-49-23/h22,24-30H,5-21,42-43H2,1-4H3,(H2,44,57)(H,48,62)(H,50,58)(H,51,61)(H,52,65)(H,53,66)(H,54,64)(H,55,63)(H,59,60)(H,67,68)(H4,45,46,47)/t24-,25-,26-,27-,28-,29-,30-/m0/s1. The quantitative estimate of drug-likeness (QED) is 0.0160. The van der Waals surface area contributed by atoms with Gasteiger partial charge in [-0.3, -0.25) is 58.0 Å². The molecule has 28 heteroatoms. The Morgan fingerprint density at radius 1 is 0.725 bits per heavy atom. The lowest BCUT2D eigenvalue weighted by Crippen LogP contribution is -2.60. The number of nitrogens with two attached hydrogens (primary N) is 5. The molecule has 0 aromatic heterocycles. The summed E-state index contributed by atoms with van der Waals surface area (Å²) in [6.07, 6.45) is 1.19. The van der Waals surface area contributed by atoms with Gasteiger partial charge in [-0.25, -0.2) is 4.79 Å². The molecule has 19 N–H and O–H groups in total. The lowest BCUT2D eigenvalue weighted by Gasteiger charge is -2.27. The molecule has 8 amide bonds. The third-order valence-corrected chi connectivity index (χ3v) is 10.9. The normalized spacial score (nSPS) is 15.4. The van der Waals surface area contributed by atoms with Crippen molar-refractivity contribution in [3.63, 3.8) is 0 Å². The van der Waals surface area contributed by atoms with Crippen LogP contribution in [0.1, 0.15) is 84.5 Å². The fourth-order valence-corrected chi connectivity index (χ4v) is 7.15. The molecule has 1 heterocycles. The Kier molecular flexibility index (Phi) is 28.8. The van der Waals surface area contributed by atoms with Crippen LogP contribution in [0.25, 0.3) is 0 Å². The van der Waals surface area contributed by atoms with Crippen LogP contribution in [0.2, 0.25) is 0 Å². The van der Waals surface area contributed by atoms with Crippen molar-refractivity contribution in [2.45, 2.75) is 127 Å². The number of nitrogens with zero attached hydrogens (tertiary/aromatic N) is 3. The van der Waals surface area contributed by atoms with Gasteiger partial charge in [0.05, 0.1) is 25.7 Å². The molecular weight excluding hydrogens is 927 g/mol. The van der Waals surface area contributed by atoms with Gasteiger partial charge in [0, 0.05) is 31.6 Å². The molecule has 27 nitrogen and oxygen atoms in total. The lowest BCUT2D eigenvalue weighted by atomic mass is 10.0. The second-order valence-electron chi connectivity index (χ2n) is 16.9. The highest BCUT2D eigenvalue weighted by molar-refractivity contribution is 7.98. The van der Waals surface area contributed by atoms with Crippen molar-refractivity contribution in [1.29, 1.82) is 0 Å². The zero-order valence-corrected chi connectivity index (χ0v) is 40.6. The Morgan fingerprint density at radius 3 is 1.80 bits per heavy atom. The monoisotopic (exact) mass is 1000 g/mol. The van der Waals surface area contributed by atoms with Gasteiger partial charge in [-0.05, 0) is 82.9 Å². The number of unbranched alkanes of at least 4 members (excludes halogenated alkanes) is 1. The van der Waals surface area contributed by atoms with Gasteiger partial charge < -0.3 is 76.1 Å². The zero-order chi connectivity index (χ0) is 52.2. The second-order valence-corrected chi connectivity index (χ2v) is 17.9. The summed E-state index contributed by atoms with van der Waals surface area (Å²) < 4.78 is 0. The largest absolute Gasteiger partial charge is 0.481 e. The maximum Gasteiger partial charge on any atom is 0.326 e. The van der Waals surface area contributed by atoms with Crippen LogP contribution in [0, 0.1) is 5.92 Å². The summed E-state index contributed by atoms with van der Waals surface area (Å²) in [5, 5.41) is 36.4. The molecular formula is C41H73N15O12S. The number of carboxylic acids is 2. The molecule has 1 aliphatic heterocycles. The molecule has 0 fully saturated rings. The maximum atomic E-state index is 13.9. The Bertz CT molecular complexity index is 1830. The van der Waals surface area contributed by atoms with Gasteiger partial charge in [-0.2, -0.15) is 11.8 Å². The molecule has 0 radical (unpaired) electrons. The average Bonchev–Trinajstić information content (AvgIpc) is 3.68. The third-order valence-electron chi connectivity index (χ3n) is 10.3. The number of carbonyl (C=O) groups is 10. The smallest absolute Gasteiger partial charge is 0.326 e. The first-order valence-corrected chi connectivity index (χ1v) is 23.9. The molecule has 7 atom stereocenters. The summed E-state index contributed by atoms with van der Waals surface area (Å²) in [7, 11) is 1.85. The molecule has 0 bridgehead atoms. The van der Waals surface area contributed by atoms with Gasteiger partial charge in [-0.15, -0.1) is 0 Å². The number of carboxylic acid groups (broad SMARTS) is 2. The average molecular weight is 1000 g/mol. The van der Waals surface area contributed by atoms with Gasteiger partial charge in [0.15, 0.2) is 5.96 Å². The number of thioether (sulfide) groups is 1. The van der Waals surface area contributed by atoms with E-state index in [2.05, 4.69) is 47.2 Å². The van der Waals surface area contributed by atoms with Crippen LogP contribution in [0.5, 0.6) is 0 Å². The number of aliphatic imine (C=N–C) groups is 2. The molecule has 390 valence electrons. The number of aliphatic carboxylic acids is 2. The summed E-state index contributed by atoms with van der Waals surface area (Å²) >= 11 is 1.29. The summed E-state index contributed by atoms with van der Waals surface area (Å²) in [4.78, 5) is 140. The fraction of sp³-hybridized carbons (Fsp3) is 0.707. The Morgan fingerprint density at radius 2 is 1.28 bits per heavy atom. The van der Waals surface area contributed by atoms with Gasteiger partial charge in [0.2, 0.25) is 47.3 Å². The van der Waals surface area contributed by atoms with E-state index in [0.717, 1.165) is 0 Å². The summed E-state index contributed by atoms with van der Waals surface area (Å²) in [5.74, 6) is -10.0. The molecule has 0 unspecified atom stereocenters. The third kappa shape index (κ3) is 25.7. The summed E-state index contributed by atoms with van der Waals surface area (Å²) in [6, 6.07) is -9.68. The van der Waals surface area contributed by atoms with Crippen LogP contribution in [-0.4, -0.2) is 180 Å². The van der Waals surface area contributed by atoms with Crippen molar-refractivity contribution in [1.82, 2.24) is 42.1 Å². The van der Waals surface area contributed by atoms with Crippen LogP contribution in [0.15, 0.2) is 9.98 Å². The van der Waals surface area contributed by atoms with Gasteiger partial charge in [0.25, 0.3) is 0 Å². The predicted octanol–water partition coefficient (Wildman–Crippen LogP) is -5.12. The number of primary amides is 1. The second kappa shape index (κ2) is 32.6. The highest BCUT2D eigenvalue weighted by atomic mass is 32.2. The number of hydrogen-bond donors (Lipinski definition) is 14. The molecule has 1 rings (SSSR count). The van der Waals surface area contributed by atoms with E-state index >= 15 is 0 Å². The van der Waals surface area contributed by atoms with Crippen molar-refractivity contribution in [3.8, 4) is 0 Å². The minimum atomic E-state index is -1.76. The molecule has 0 spiro atoms. The number of rotatable bonds is 35. The minimum absolute atomic E-state index is 0.0269. The number of hydrogen-bond acceptors (Lipinski definition) is 16. The summed E-state index contributed by atoms with van der Waals surface area (Å²) in [5.41, 5.74) is 28.4. The van der Waals surface area contributed by atoms with Crippen LogP contribution in [-0.2, 0) is 47.9 Å². The highest BCUT2D eigenvalue weighted by Gasteiger charge is 2.34. The first-order chi connectivity index (χ1) is 32.5. The Labute approximate surface area is 405 Å². The van der Waals surface area contributed by atoms with Crippen molar-refractivity contribution in [2.75, 3.05) is 51.9 Å². The van der Waals surface area contributed by atoms with Crippen LogP contribution in [0.3, 0.4) is 0 Å². The van der Waals surface area contributed by atoms with E-state index in [1.807, 2.05) is 11.9 Å². The van der Waals surface area contributed by atoms with E-state index in [1.165, 1.54) is 11.8 Å². The SMILES string of the molecule is CSCC[C@H](NC(=O)[C@H](CC(=O)O)NC(=O)[C@H](CCCCN)NC(=O)[C@@H](N)CC1=NCN(C)C1)C(=O)N[C@@H](CCC(N)=O)C(=O)N[C@@H](CC(C)C)C(=O)NCC(=O)N[C@@H](CCCN=C(N)N)C(=O)O. The van der Waals surface area contributed by atoms with Crippen LogP contribution >= 0.6 is 11.8 Å². The first-order valence-electron chi connectivity index (χ1n) is 22.5. The van der Waals surface area contributed by atoms with Crippen molar-refractivity contribution >= 4 is 82.6 Å². The van der Waals surface area contributed by atoms with Crippen LogP contribution < -0.4 is 65.9 Å². The van der Waals surface area contributed by atoms with Crippen LogP contribution in [0.4, 0.5) is 0 Å². The molecule has 0 aromatic rings. The Hall–Kier alpha value is -6.13. The maximum absolute atomic E-state index is 13.9. The van der Waals surface area contributed by atoms with E-state index < -0.39 is 121 Å². The predicted molar refractivity (Wildman–Crippen MR) is 256 cm³/mol. The lowest BCUT2D eigenvalue weighted by molar-refractivity contribution is -0.142. The molecule has 0 aromatic carbocycles. The van der Waals surface area contributed by atoms with E-state index in [0.29, 0.717) is 31.8 Å². The molecule has 1 aliphatic rings. The highest BCUT2D eigenvalue weighted by Crippen LogP contribution is 2.11. The zero-order valence-electron chi connectivity index (χ0n) is 39.8. The van der Waals surface area contributed by atoms with E-state index in [9.17, 15) is 58.2 Å². The number of carbonyl (C=O) groups excluding carboxylic acids is 8. The fourth-order valence-electron chi connectivity index (χ4n) is 6.68. The molecule has 0 saturated heterocycles. The Balaban J connectivity index is 3.26. The summed E-state index contributed by atoms with van der Waals surface area (Å²) in [6.45, 7) is 4.16. The van der Waals surface area contributed by atoms with E-state index in [4.69, 9.17) is 28.7 Å². The van der Waals surface area contributed by atoms with Crippen molar-refractivity contribution in [2.24, 2.45) is 44.6 Å². The number of amides is 8. The molecule has 0 saturated carbocycles. The van der Waals surface area contributed by atoms with Gasteiger partial charge in [0.1, 0.15) is 36.3 Å². The first kappa shape index (κ1) is 60.9. The van der Waals surface area contributed by atoms with E-state index in [-0.39, 0.29) is 75.7 Å². The number of guanidine groups is 1. The van der Waals surface area contributed by atoms with Gasteiger partial charge in [-0.1, -0.05) is 13.8 Å². The van der Waals surface area contributed by atoms with Crippen molar-refractivity contribution < 1.29 is 58.2 Å². The molecule has 69 heavy (non-hydrogen) atoms. The van der Waals surface area contributed by atoms with Crippen molar-refractivity contribution in [3.05, 3.63) is 0 Å². The number of nitrogens with one attached hydrogen (secondary N) is 7.